The first-order valence-electron chi connectivity index (χ1n) is 6.43. The van der Waals surface area contributed by atoms with Crippen LogP contribution < -0.4 is 5.32 Å². The zero-order valence-electron chi connectivity index (χ0n) is 11.6. The highest BCUT2D eigenvalue weighted by Crippen LogP contribution is 2.25. The van der Waals surface area contributed by atoms with E-state index in [0.717, 1.165) is 6.42 Å². The number of nitrogens with zero attached hydrogens (tertiary/aromatic N) is 2. The molecule has 0 bridgehead atoms. The Morgan fingerprint density at radius 3 is 2.39 bits per heavy atom. The third kappa shape index (κ3) is 2.31. The Kier molecular flexibility index (Phi) is 3.82. The summed E-state index contributed by atoms with van der Waals surface area (Å²) in [5.41, 5.74) is 4.98. The molecule has 1 aromatic heterocycles. The van der Waals surface area contributed by atoms with Crippen LogP contribution in [-0.4, -0.2) is 16.8 Å². The quantitative estimate of drug-likeness (QED) is 0.894. The highest BCUT2D eigenvalue weighted by Gasteiger charge is 2.09. The van der Waals surface area contributed by atoms with E-state index in [0.29, 0.717) is 6.04 Å². The maximum Gasteiger partial charge on any atom is 0.0571 e. The average molecular weight is 243 g/mol. The number of rotatable bonds is 4. The second-order valence-corrected chi connectivity index (χ2v) is 4.64. The lowest BCUT2D eigenvalue weighted by atomic mass is 10.00. The largest absolute Gasteiger partial charge is 0.313 e. The number of aryl methyl sites for hydroxylation is 1. The third-order valence-electron chi connectivity index (χ3n) is 3.62. The van der Waals surface area contributed by atoms with Crippen LogP contribution in [0.2, 0.25) is 0 Å². The standard InChI is InChI=1S/C15H21N3/c1-5-15(16-3)13-8-6-12(7-9-13)14-10-17-18(4)11(14)2/h6-10,15-16H,5H2,1-4H3. The van der Waals surface area contributed by atoms with Crippen molar-refractivity contribution in [3.63, 3.8) is 0 Å². The predicted octanol–water partition coefficient (Wildman–Crippen LogP) is 3.07. The summed E-state index contributed by atoms with van der Waals surface area (Å²) in [6, 6.07) is 9.20. The number of nitrogens with one attached hydrogen (secondary N) is 1. The molecule has 2 aromatic rings. The van der Waals surface area contributed by atoms with E-state index in [1.54, 1.807) is 0 Å². The van der Waals surface area contributed by atoms with Gasteiger partial charge in [-0.2, -0.15) is 5.10 Å². The van der Waals surface area contributed by atoms with Gasteiger partial charge < -0.3 is 5.32 Å². The van der Waals surface area contributed by atoms with Crippen molar-refractivity contribution in [3.8, 4) is 11.1 Å². The van der Waals surface area contributed by atoms with E-state index in [-0.39, 0.29) is 0 Å². The smallest absolute Gasteiger partial charge is 0.0571 e. The SMILES string of the molecule is CCC(NC)c1ccc(-c2cnn(C)c2C)cc1. The van der Waals surface area contributed by atoms with Gasteiger partial charge in [0.1, 0.15) is 0 Å². The number of benzene rings is 1. The first kappa shape index (κ1) is 12.8. The molecule has 3 heteroatoms. The normalized spacial score (nSPS) is 12.7. The van der Waals surface area contributed by atoms with Gasteiger partial charge in [-0.05, 0) is 31.5 Å². The van der Waals surface area contributed by atoms with Crippen LogP contribution in [0.1, 0.15) is 30.6 Å². The Morgan fingerprint density at radius 2 is 1.94 bits per heavy atom. The monoisotopic (exact) mass is 243 g/mol. The molecule has 0 aliphatic rings. The molecule has 18 heavy (non-hydrogen) atoms. The molecule has 1 unspecified atom stereocenters. The molecule has 0 saturated carbocycles. The van der Waals surface area contributed by atoms with E-state index >= 15 is 0 Å². The molecule has 0 amide bonds. The molecule has 1 aromatic carbocycles. The first-order valence-corrected chi connectivity index (χ1v) is 6.43. The summed E-state index contributed by atoms with van der Waals surface area (Å²) in [5, 5.41) is 7.61. The molecular formula is C15H21N3. The zero-order valence-corrected chi connectivity index (χ0v) is 11.6. The lowest BCUT2D eigenvalue weighted by molar-refractivity contribution is 0.577. The Balaban J connectivity index is 2.30. The van der Waals surface area contributed by atoms with E-state index in [2.05, 4.69) is 48.5 Å². The van der Waals surface area contributed by atoms with Gasteiger partial charge in [0.05, 0.1) is 6.20 Å². The van der Waals surface area contributed by atoms with Gasteiger partial charge in [-0.3, -0.25) is 4.68 Å². The van der Waals surface area contributed by atoms with E-state index in [1.807, 2.05) is 25.0 Å². The lowest BCUT2D eigenvalue weighted by Gasteiger charge is -2.14. The summed E-state index contributed by atoms with van der Waals surface area (Å²) in [4.78, 5) is 0. The Morgan fingerprint density at radius 1 is 1.28 bits per heavy atom. The first-order chi connectivity index (χ1) is 8.67. The van der Waals surface area contributed by atoms with Gasteiger partial charge in [-0.25, -0.2) is 0 Å². The summed E-state index contributed by atoms with van der Waals surface area (Å²) < 4.78 is 1.91. The second kappa shape index (κ2) is 5.36. The van der Waals surface area contributed by atoms with Crippen molar-refractivity contribution in [2.75, 3.05) is 7.05 Å². The van der Waals surface area contributed by atoms with Crippen LogP contribution in [-0.2, 0) is 7.05 Å². The van der Waals surface area contributed by atoms with Crippen LogP contribution in [0.3, 0.4) is 0 Å². The van der Waals surface area contributed by atoms with Crippen molar-refractivity contribution in [3.05, 3.63) is 41.7 Å². The number of aromatic nitrogens is 2. The number of hydrogen-bond donors (Lipinski definition) is 1. The fourth-order valence-electron chi connectivity index (χ4n) is 2.28. The molecular weight excluding hydrogens is 222 g/mol. The van der Waals surface area contributed by atoms with Crippen molar-refractivity contribution >= 4 is 0 Å². The Bertz CT molecular complexity index is 507. The summed E-state index contributed by atoms with van der Waals surface area (Å²) in [7, 11) is 3.98. The van der Waals surface area contributed by atoms with Gasteiger partial charge in [0, 0.05) is 24.3 Å². The van der Waals surface area contributed by atoms with Gasteiger partial charge in [-0.1, -0.05) is 31.2 Å². The Hall–Kier alpha value is -1.61. The van der Waals surface area contributed by atoms with Gasteiger partial charge in [-0.15, -0.1) is 0 Å². The topological polar surface area (TPSA) is 29.9 Å². The highest BCUT2D eigenvalue weighted by molar-refractivity contribution is 5.65. The lowest BCUT2D eigenvalue weighted by Crippen LogP contribution is -2.14. The van der Waals surface area contributed by atoms with Crippen LogP contribution in [0.4, 0.5) is 0 Å². The van der Waals surface area contributed by atoms with Gasteiger partial charge in [0.2, 0.25) is 0 Å². The molecule has 0 fully saturated rings. The van der Waals surface area contributed by atoms with Crippen molar-refractivity contribution in [1.29, 1.82) is 0 Å². The molecule has 0 aliphatic heterocycles. The van der Waals surface area contributed by atoms with E-state index in [9.17, 15) is 0 Å². The predicted molar refractivity (Wildman–Crippen MR) is 75.5 cm³/mol. The molecule has 1 heterocycles. The van der Waals surface area contributed by atoms with Crippen LogP contribution in [0, 0.1) is 6.92 Å². The molecule has 0 saturated heterocycles. The zero-order chi connectivity index (χ0) is 13.1. The molecule has 0 spiro atoms. The summed E-state index contributed by atoms with van der Waals surface area (Å²) in [6.45, 7) is 4.29. The summed E-state index contributed by atoms with van der Waals surface area (Å²) >= 11 is 0. The van der Waals surface area contributed by atoms with Gasteiger partial charge >= 0.3 is 0 Å². The van der Waals surface area contributed by atoms with Crippen molar-refractivity contribution in [2.24, 2.45) is 7.05 Å². The fourth-order valence-corrected chi connectivity index (χ4v) is 2.28. The average Bonchev–Trinajstić information content (AvgIpc) is 2.73. The molecule has 3 nitrogen and oxygen atoms in total. The van der Waals surface area contributed by atoms with Crippen LogP contribution in [0.15, 0.2) is 30.5 Å². The second-order valence-electron chi connectivity index (χ2n) is 4.64. The maximum atomic E-state index is 4.29. The molecule has 1 atom stereocenters. The maximum absolute atomic E-state index is 4.29. The van der Waals surface area contributed by atoms with Gasteiger partial charge in [0.15, 0.2) is 0 Å². The van der Waals surface area contributed by atoms with Crippen molar-refractivity contribution < 1.29 is 0 Å². The number of hydrogen-bond acceptors (Lipinski definition) is 2. The highest BCUT2D eigenvalue weighted by atomic mass is 15.3. The van der Waals surface area contributed by atoms with Crippen LogP contribution >= 0.6 is 0 Å². The summed E-state index contributed by atoms with van der Waals surface area (Å²) in [5.74, 6) is 0. The van der Waals surface area contributed by atoms with Crippen molar-refractivity contribution in [2.45, 2.75) is 26.3 Å². The molecule has 0 aliphatic carbocycles. The van der Waals surface area contributed by atoms with Crippen LogP contribution in [0.5, 0.6) is 0 Å². The molecule has 1 N–H and O–H groups in total. The molecule has 0 radical (unpaired) electrons. The Labute approximate surface area is 109 Å². The molecule has 2 rings (SSSR count). The minimum absolute atomic E-state index is 0.439. The molecule has 96 valence electrons. The van der Waals surface area contributed by atoms with Crippen molar-refractivity contribution in [1.82, 2.24) is 15.1 Å². The summed E-state index contributed by atoms with van der Waals surface area (Å²) in [6.07, 6.45) is 3.03. The van der Waals surface area contributed by atoms with E-state index in [4.69, 9.17) is 0 Å². The minimum Gasteiger partial charge on any atom is -0.313 e. The third-order valence-corrected chi connectivity index (χ3v) is 3.62. The van der Waals surface area contributed by atoms with E-state index < -0.39 is 0 Å². The fraction of sp³-hybridized carbons (Fsp3) is 0.400. The van der Waals surface area contributed by atoms with Gasteiger partial charge in [0.25, 0.3) is 0 Å². The van der Waals surface area contributed by atoms with Crippen LogP contribution in [0.25, 0.3) is 11.1 Å². The van der Waals surface area contributed by atoms with E-state index in [1.165, 1.54) is 22.4 Å². The minimum atomic E-state index is 0.439.